The van der Waals surface area contributed by atoms with Crippen molar-refractivity contribution in [3.05, 3.63) is 36.1 Å². The fraction of sp³-hybridized carbons (Fsp3) is 0.222. The van der Waals surface area contributed by atoms with Crippen molar-refractivity contribution in [2.24, 2.45) is 4.99 Å². The Morgan fingerprint density at radius 3 is 2.55 bits per heavy atom. The molecule has 0 spiro atoms. The van der Waals surface area contributed by atoms with Gasteiger partial charge in [0.2, 0.25) is 6.08 Å². The number of carbonyl (C=O) groups excluding carboxylic acids is 1. The van der Waals surface area contributed by atoms with Gasteiger partial charge in [-0.1, -0.05) is 18.2 Å². The maximum absolute atomic E-state index is 9.86. The highest BCUT2D eigenvalue weighted by atomic mass is 16.1. The Hall–Kier alpha value is -1.40. The van der Waals surface area contributed by atoms with Crippen molar-refractivity contribution in [3.63, 3.8) is 0 Å². The molecular weight excluding hydrogens is 138 g/mol. The molecule has 0 fully saturated rings. The molecule has 0 bridgehead atoms. The van der Waals surface area contributed by atoms with Crippen LogP contribution in [0.3, 0.4) is 0 Å². The van der Waals surface area contributed by atoms with Crippen LogP contribution in [-0.4, -0.2) is 6.08 Å². The summed E-state index contributed by atoms with van der Waals surface area (Å²) >= 11 is 0. The molecule has 0 rings (SSSR count). The largest absolute Gasteiger partial charge is 0.240 e. The van der Waals surface area contributed by atoms with Crippen LogP contribution in [0.25, 0.3) is 0 Å². The highest BCUT2D eigenvalue weighted by Crippen LogP contribution is 1.97. The van der Waals surface area contributed by atoms with Gasteiger partial charge < -0.3 is 0 Å². The molecule has 0 aromatic heterocycles. The molecule has 0 aromatic rings. The lowest BCUT2D eigenvalue weighted by Gasteiger charge is -1.84. The van der Waals surface area contributed by atoms with E-state index in [0.717, 1.165) is 0 Å². The summed E-state index contributed by atoms with van der Waals surface area (Å²) in [6.07, 6.45) is 10.5. The van der Waals surface area contributed by atoms with Crippen LogP contribution in [-0.2, 0) is 4.79 Å². The molecule has 0 saturated carbocycles. The van der Waals surface area contributed by atoms with Crippen molar-refractivity contribution in [1.82, 2.24) is 0 Å². The third-order valence-corrected chi connectivity index (χ3v) is 0.972. The zero-order chi connectivity index (χ0) is 8.53. The minimum Gasteiger partial charge on any atom is -0.211 e. The molecule has 0 aliphatic heterocycles. The maximum atomic E-state index is 9.86. The first-order chi connectivity index (χ1) is 5.35. The summed E-state index contributed by atoms with van der Waals surface area (Å²) in [4.78, 5) is 13.3. The second-order valence-corrected chi connectivity index (χ2v) is 1.82. The SMILES string of the molecule is C\C=C/C=C(\C=C/C)N=C=O. The van der Waals surface area contributed by atoms with E-state index in [9.17, 15) is 4.79 Å². The fourth-order valence-corrected chi connectivity index (χ4v) is 0.548. The lowest BCUT2D eigenvalue weighted by molar-refractivity contribution is 0.565. The van der Waals surface area contributed by atoms with Gasteiger partial charge in [-0.2, -0.15) is 4.99 Å². The van der Waals surface area contributed by atoms with Gasteiger partial charge in [0.25, 0.3) is 0 Å². The number of allylic oxidation sites excluding steroid dienone is 5. The third kappa shape index (κ3) is 5.07. The lowest BCUT2D eigenvalue weighted by atomic mass is 10.3. The van der Waals surface area contributed by atoms with Crippen LogP contribution in [0.2, 0.25) is 0 Å². The average Bonchev–Trinajstić information content (AvgIpc) is 2.01. The smallest absolute Gasteiger partial charge is 0.211 e. The summed E-state index contributed by atoms with van der Waals surface area (Å²) in [6.45, 7) is 3.76. The number of isocyanates is 1. The monoisotopic (exact) mass is 149 g/mol. The molecule has 0 atom stereocenters. The number of rotatable bonds is 3. The zero-order valence-corrected chi connectivity index (χ0v) is 6.74. The van der Waals surface area contributed by atoms with Gasteiger partial charge in [0.05, 0.1) is 5.70 Å². The van der Waals surface area contributed by atoms with Gasteiger partial charge in [-0.25, -0.2) is 4.79 Å². The number of hydrogen-bond donors (Lipinski definition) is 0. The fourth-order valence-electron chi connectivity index (χ4n) is 0.548. The van der Waals surface area contributed by atoms with E-state index in [1.165, 1.54) is 6.08 Å². The molecule has 0 aliphatic carbocycles. The Labute approximate surface area is 66.6 Å². The van der Waals surface area contributed by atoms with E-state index in [2.05, 4.69) is 4.99 Å². The molecular formula is C9H11NO. The molecule has 2 heteroatoms. The zero-order valence-electron chi connectivity index (χ0n) is 6.74. The van der Waals surface area contributed by atoms with E-state index in [1.807, 2.05) is 32.1 Å². The predicted octanol–water partition coefficient (Wildman–Crippen LogP) is 2.36. The van der Waals surface area contributed by atoms with Crippen LogP contribution < -0.4 is 0 Å². The molecule has 11 heavy (non-hydrogen) atoms. The van der Waals surface area contributed by atoms with Gasteiger partial charge in [0.1, 0.15) is 0 Å². The van der Waals surface area contributed by atoms with E-state index < -0.39 is 0 Å². The Morgan fingerprint density at radius 1 is 1.36 bits per heavy atom. The second kappa shape index (κ2) is 6.72. The molecule has 0 aliphatic rings. The molecule has 0 radical (unpaired) electrons. The van der Waals surface area contributed by atoms with Crippen molar-refractivity contribution >= 4 is 6.08 Å². The molecule has 58 valence electrons. The van der Waals surface area contributed by atoms with E-state index in [-0.39, 0.29) is 0 Å². The summed E-state index contributed by atoms with van der Waals surface area (Å²) in [5, 5.41) is 0. The molecule has 0 unspecified atom stereocenters. The summed E-state index contributed by atoms with van der Waals surface area (Å²) in [5.74, 6) is 0. The van der Waals surface area contributed by atoms with E-state index >= 15 is 0 Å². The standard InChI is InChI=1S/C9H11NO/c1-3-5-7-9(6-4-2)10-8-11/h3-7H,1-2H3/b5-3-,6-4-,9-7+. The molecule has 0 amide bonds. The first kappa shape index (κ1) is 9.60. The maximum Gasteiger partial charge on any atom is 0.240 e. The second-order valence-electron chi connectivity index (χ2n) is 1.82. The van der Waals surface area contributed by atoms with Crippen molar-refractivity contribution in [2.75, 3.05) is 0 Å². The molecule has 0 saturated heterocycles. The molecule has 0 aromatic carbocycles. The van der Waals surface area contributed by atoms with Crippen molar-refractivity contribution in [2.45, 2.75) is 13.8 Å². The van der Waals surface area contributed by atoms with Crippen LogP contribution in [0.15, 0.2) is 41.1 Å². The van der Waals surface area contributed by atoms with Gasteiger partial charge >= 0.3 is 0 Å². The summed E-state index contributed by atoms with van der Waals surface area (Å²) in [7, 11) is 0. The predicted molar refractivity (Wildman–Crippen MR) is 45.8 cm³/mol. The summed E-state index contributed by atoms with van der Waals surface area (Å²) in [5.41, 5.74) is 0.612. The Morgan fingerprint density at radius 2 is 2.09 bits per heavy atom. The highest BCUT2D eigenvalue weighted by Gasteiger charge is 1.81. The van der Waals surface area contributed by atoms with Crippen LogP contribution in [0.1, 0.15) is 13.8 Å². The van der Waals surface area contributed by atoms with Gasteiger partial charge in [0, 0.05) is 0 Å². The average molecular weight is 149 g/mol. The van der Waals surface area contributed by atoms with E-state index in [1.54, 1.807) is 12.2 Å². The Balaban J connectivity index is 4.44. The molecule has 2 nitrogen and oxygen atoms in total. The minimum absolute atomic E-state index is 0.612. The summed E-state index contributed by atoms with van der Waals surface area (Å²) in [6, 6.07) is 0. The van der Waals surface area contributed by atoms with Crippen molar-refractivity contribution in [3.8, 4) is 0 Å². The van der Waals surface area contributed by atoms with Crippen molar-refractivity contribution < 1.29 is 4.79 Å². The number of hydrogen-bond acceptors (Lipinski definition) is 2. The van der Waals surface area contributed by atoms with Gasteiger partial charge in [-0.15, -0.1) is 0 Å². The van der Waals surface area contributed by atoms with Crippen molar-refractivity contribution in [1.29, 1.82) is 0 Å². The van der Waals surface area contributed by atoms with Gasteiger partial charge in [-0.3, -0.25) is 0 Å². The Bertz CT molecular complexity index is 230. The van der Waals surface area contributed by atoms with Crippen LogP contribution in [0, 0.1) is 0 Å². The van der Waals surface area contributed by atoms with Crippen LogP contribution in [0.5, 0.6) is 0 Å². The number of aliphatic imine (C=N–C) groups is 1. The summed E-state index contributed by atoms with van der Waals surface area (Å²) < 4.78 is 0. The lowest BCUT2D eigenvalue weighted by Crippen LogP contribution is -1.68. The number of nitrogens with zero attached hydrogens (tertiary/aromatic N) is 1. The third-order valence-electron chi connectivity index (χ3n) is 0.972. The quantitative estimate of drug-likeness (QED) is 0.344. The topological polar surface area (TPSA) is 29.4 Å². The highest BCUT2D eigenvalue weighted by molar-refractivity contribution is 5.40. The minimum atomic E-state index is 0.612. The first-order valence-electron chi connectivity index (χ1n) is 3.38. The van der Waals surface area contributed by atoms with Gasteiger partial charge in [0.15, 0.2) is 0 Å². The van der Waals surface area contributed by atoms with Gasteiger partial charge in [-0.05, 0) is 26.0 Å². The Kier molecular flexibility index (Phi) is 5.86. The molecule has 0 N–H and O–H groups in total. The van der Waals surface area contributed by atoms with Crippen LogP contribution >= 0.6 is 0 Å². The van der Waals surface area contributed by atoms with E-state index in [0.29, 0.717) is 5.70 Å². The molecule has 0 heterocycles. The first-order valence-corrected chi connectivity index (χ1v) is 3.38. The van der Waals surface area contributed by atoms with Crippen LogP contribution in [0.4, 0.5) is 0 Å². The normalized spacial score (nSPS) is 12.4. The van der Waals surface area contributed by atoms with E-state index in [4.69, 9.17) is 0 Å².